The molecule has 1 N–H and O–H groups in total. The second kappa shape index (κ2) is 8.81. The van der Waals surface area contributed by atoms with E-state index < -0.39 is 24.0 Å². The van der Waals surface area contributed by atoms with Gasteiger partial charge in [-0.25, -0.2) is 0 Å². The van der Waals surface area contributed by atoms with Crippen LogP contribution >= 0.6 is 0 Å². The van der Waals surface area contributed by atoms with Crippen LogP contribution < -0.4 is 5.32 Å². The minimum atomic E-state index is -1.08. The number of ether oxygens (including phenoxy) is 1. The Hall–Kier alpha value is -1.89. The van der Waals surface area contributed by atoms with Crippen LogP contribution in [0.25, 0.3) is 0 Å². The summed E-state index contributed by atoms with van der Waals surface area (Å²) in [4.78, 5) is 42.4. The van der Waals surface area contributed by atoms with Crippen molar-refractivity contribution in [2.24, 2.45) is 23.7 Å². The highest BCUT2D eigenvalue weighted by atomic mass is 16.5. The summed E-state index contributed by atoms with van der Waals surface area (Å²) in [6.45, 7) is 12.1. The van der Waals surface area contributed by atoms with Gasteiger partial charge in [-0.05, 0) is 43.4 Å². The van der Waals surface area contributed by atoms with Gasteiger partial charge in [0.2, 0.25) is 5.91 Å². The van der Waals surface area contributed by atoms with Gasteiger partial charge < -0.3 is 15.0 Å². The molecule has 0 aromatic rings. The number of nitrogens with one attached hydrogen (secondary N) is 1. The topological polar surface area (TPSA) is 79.0 Å². The highest BCUT2D eigenvalue weighted by Crippen LogP contribution is 2.46. The molecule has 7 nitrogen and oxygen atoms in total. The van der Waals surface area contributed by atoms with E-state index in [9.17, 15) is 14.4 Å². The Kier molecular flexibility index (Phi) is 6.40. The van der Waals surface area contributed by atoms with Gasteiger partial charge in [-0.2, -0.15) is 0 Å². The van der Waals surface area contributed by atoms with Crippen molar-refractivity contribution >= 4 is 17.7 Å². The van der Waals surface area contributed by atoms with Gasteiger partial charge in [0, 0.05) is 44.8 Å². The second-order valence-electron chi connectivity index (χ2n) is 10.8. The highest BCUT2D eigenvalue weighted by molar-refractivity contribution is 5.98. The quantitative estimate of drug-likeness (QED) is 0.655. The van der Waals surface area contributed by atoms with E-state index in [1.165, 1.54) is 26.2 Å². The summed E-state index contributed by atoms with van der Waals surface area (Å²) in [5.41, 5.74) is 0.565. The third-order valence-corrected chi connectivity index (χ3v) is 8.86. The van der Waals surface area contributed by atoms with E-state index >= 15 is 0 Å². The summed E-state index contributed by atoms with van der Waals surface area (Å²) in [5.74, 6) is 0.555. The number of piperidine rings is 1. The fourth-order valence-electron chi connectivity index (χ4n) is 6.48. The van der Waals surface area contributed by atoms with Crippen molar-refractivity contribution in [3.05, 3.63) is 12.3 Å². The average molecular weight is 446 g/mol. The maximum absolute atomic E-state index is 13.5. The molecule has 178 valence electrons. The van der Waals surface area contributed by atoms with Crippen LogP contribution in [0.2, 0.25) is 0 Å². The van der Waals surface area contributed by atoms with E-state index in [1.54, 1.807) is 11.9 Å². The first kappa shape index (κ1) is 23.3. The van der Waals surface area contributed by atoms with Crippen LogP contribution in [-0.2, 0) is 19.1 Å². The summed E-state index contributed by atoms with van der Waals surface area (Å²) >= 11 is 0. The number of carbonyl (C=O) groups excluding carboxylic acids is 3. The number of nitrogens with zero attached hydrogens (tertiary/aromatic N) is 2. The first-order valence-electron chi connectivity index (χ1n) is 12.3. The first-order valence-corrected chi connectivity index (χ1v) is 12.3. The molecular weight excluding hydrogens is 406 g/mol. The molecule has 0 aromatic heterocycles. The summed E-state index contributed by atoms with van der Waals surface area (Å²) < 4.78 is 5.51. The fraction of sp³-hybridized carbons (Fsp3) is 0.800. The van der Waals surface area contributed by atoms with Crippen LogP contribution in [0.5, 0.6) is 0 Å². The number of ketones is 1. The zero-order chi connectivity index (χ0) is 23.2. The molecule has 2 aliphatic carbocycles. The molecular formula is C25H39N3O4. The number of fused-ring (bicyclic) bond motifs is 2. The second-order valence-corrected chi connectivity index (χ2v) is 10.8. The van der Waals surface area contributed by atoms with Gasteiger partial charge in [0.25, 0.3) is 0 Å². The van der Waals surface area contributed by atoms with Gasteiger partial charge in [0.15, 0.2) is 11.9 Å². The molecule has 0 aromatic carbocycles. The first-order chi connectivity index (χ1) is 15.1. The van der Waals surface area contributed by atoms with Gasteiger partial charge in [-0.1, -0.05) is 33.3 Å². The van der Waals surface area contributed by atoms with Crippen LogP contribution in [0, 0.1) is 23.7 Å². The van der Waals surface area contributed by atoms with E-state index in [0.717, 1.165) is 25.8 Å². The van der Waals surface area contributed by atoms with Gasteiger partial charge in [-0.15, -0.1) is 0 Å². The number of carbonyl (C=O) groups is 3. The molecule has 2 aliphatic heterocycles. The van der Waals surface area contributed by atoms with Crippen molar-refractivity contribution in [2.75, 3.05) is 26.7 Å². The molecule has 6 unspecified atom stereocenters. The van der Waals surface area contributed by atoms with E-state index in [-0.39, 0.29) is 17.2 Å². The van der Waals surface area contributed by atoms with E-state index in [2.05, 4.69) is 30.6 Å². The van der Waals surface area contributed by atoms with E-state index in [1.807, 2.05) is 0 Å². The number of piperazine rings is 1. The molecule has 4 aliphatic rings. The lowest BCUT2D eigenvalue weighted by Crippen LogP contribution is -2.77. The molecule has 1 spiro atoms. The molecule has 2 saturated heterocycles. The van der Waals surface area contributed by atoms with Crippen LogP contribution in [0.15, 0.2) is 12.3 Å². The Labute approximate surface area is 191 Å². The zero-order valence-electron chi connectivity index (χ0n) is 20.1. The number of hydrogen-bond donors (Lipinski definition) is 1. The van der Waals surface area contributed by atoms with Gasteiger partial charge >= 0.3 is 5.97 Å². The Morgan fingerprint density at radius 3 is 2.56 bits per heavy atom. The maximum Gasteiger partial charge on any atom is 0.303 e. The van der Waals surface area contributed by atoms with Crippen molar-refractivity contribution in [1.29, 1.82) is 0 Å². The van der Waals surface area contributed by atoms with Crippen LogP contribution in [0.1, 0.15) is 59.3 Å². The summed E-state index contributed by atoms with van der Waals surface area (Å²) in [5, 5.41) is 3.48. The van der Waals surface area contributed by atoms with E-state index in [0.29, 0.717) is 36.5 Å². The third-order valence-electron chi connectivity index (χ3n) is 8.86. The molecule has 1 amide bonds. The SMILES string of the molecule is C=C(NCC1CCCC(C)C1C)C1CN2C(C(=O)N(C)CC23CCC3)C(OC(C)=O)C1=O. The molecule has 4 fully saturated rings. The Morgan fingerprint density at radius 2 is 1.94 bits per heavy atom. The monoisotopic (exact) mass is 445 g/mol. The Morgan fingerprint density at radius 1 is 1.22 bits per heavy atom. The zero-order valence-corrected chi connectivity index (χ0v) is 20.1. The van der Waals surface area contributed by atoms with Crippen LogP contribution in [0.3, 0.4) is 0 Å². The highest BCUT2D eigenvalue weighted by Gasteiger charge is 2.60. The number of likely N-dealkylation sites (N-methyl/N-ethyl adjacent to an activating group) is 1. The minimum Gasteiger partial charge on any atom is -0.452 e. The standard InChI is InChI=1S/C25H39N3O4/c1-15-8-6-9-19(16(15)2)12-26-17(3)20-13-28-21(23(22(20)30)32-18(4)29)24(31)27(5)14-25(28)10-7-11-25/h15-16,19-21,23,26H,3,6-14H2,1-2,4-5H3. The number of hydrogen-bond acceptors (Lipinski definition) is 6. The number of Topliss-reactive ketones (excluding diaryl/α,β-unsaturated/α-hetero) is 1. The van der Waals surface area contributed by atoms with Crippen molar-refractivity contribution in [1.82, 2.24) is 15.1 Å². The third kappa shape index (κ3) is 3.97. The van der Waals surface area contributed by atoms with Crippen molar-refractivity contribution in [3.63, 3.8) is 0 Å². The summed E-state index contributed by atoms with van der Waals surface area (Å²) in [7, 11) is 1.79. The van der Waals surface area contributed by atoms with Gasteiger partial charge in [0.1, 0.15) is 6.04 Å². The Bertz CT molecular complexity index is 792. The normalized spacial score (nSPS) is 36.9. The lowest BCUT2D eigenvalue weighted by Gasteiger charge is -2.61. The smallest absolute Gasteiger partial charge is 0.303 e. The number of esters is 1. The van der Waals surface area contributed by atoms with Gasteiger partial charge in [0.05, 0.1) is 5.92 Å². The number of rotatable bonds is 5. The van der Waals surface area contributed by atoms with E-state index in [4.69, 9.17) is 4.74 Å². The average Bonchev–Trinajstić information content (AvgIpc) is 2.71. The molecule has 0 bridgehead atoms. The maximum atomic E-state index is 13.5. The lowest BCUT2D eigenvalue weighted by molar-refractivity contribution is -0.188. The molecule has 32 heavy (non-hydrogen) atoms. The molecule has 2 saturated carbocycles. The van der Waals surface area contributed by atoms with Crippen LogP contribution in [0.4, 0.5) is 0 Å². The molecule has 4 rings (SSSR count). The van der Waals surface area contributed by atoms with Crippen molar-refractivity contribution in [3.8, 4) is 0 Å². The summed E-state index contributed by atoms with van der Waals surface area (Å²) in [6, 6.07) is -0.728. The van der Waals surface area contributed by atoms with Crippen LogP contribution in [-0.4, -0.2) is 71.8 Å². The molecule has 6 atom stereocenters. The Balaban J connectivity index is 1.54. The molecule has 0 radical (unpaired) electrons. The number of amides is 1. The minimum absolute atomic E-state index is 0.127. The predicted molar refractivity (Wildman–Crippen MR) is 122 cm³/mol. The van der Waals surface area contributed by atoms with Crippen molar-refractivity contribution < 1.29 is 19.1 Å². The van der Waals surface area contributed by atoms with Crippen molar-refractivity contribution in [2.45, 2.75) is 77.0 Å². The van der Waals surface area contributed by atoms with Gasteiger partial charge in [-0.3, -0.25) is 19.3 Å². The predicted octanol–water partition coefficient (Wildman–Crippen LogP) is 2.36. The fourth-order valence-corrected chi connectivity index (χ4v) is 6.48. The molecule has 7 heteroatoms. The largest absolute Gasteiger partial charge is 0.452 e. The molecule has 2 heterocycles. The summed E-state index contributed by atoms with van der Waals surface area (Å²) in [6.07, 6.45) is 5.74. The lowest BCUT2D eigenvalue weighted by atomic mass is 9.69.